The van der Waals surface area contributed by atoms with E-state index in [0.717, 1.165) is 19.3 Å². The van der Waals surface area contributed by atoms with Crippen LogP contribution >= 0.6 is 0 Å². The van der Waals surface area contributed by atoms with Crippen LogP contribution in [0.1, 0.15) is 81.6 Å². The highest BCUT2D eigenvalue weighted by molar-refractivity contribution is 5.74. The number of aliphatic hydroxyl groups is 2. The lowest BCUT2D eigenvalue weighted by molar-refractivity contribution is -0.121. The predicted molar refractivity (Wildman–Crippen MR) is 102 cm³/mol. The zero-order valence-electron chi connectivity index (χ0n) is 17.3. The summed E-state index contributed by atoms with van der Waals surface area (Å²) in [5.74, 6) is -0.141. The zero-order chi connectivity index (χ0) is 20.2. The summed E-state index contributed by atoms with van der Waals surface area (Å²) < 4.78 is 0. The van der Waals surface area contributed by atoms with Crippen LogP contribution < -0.4 is 10.6 Å². The first-order chi connectivity index (χ1) is 11.4. The highest BCUT2D eigenvalue weighted by Gasteiger charge is 2.42. The molecule has 0 heterocycles. The van der Waals surface area contributed by atoms with Gasteiger partial charge in [0.05, 0.1) is 24.8 Å². The molecule has 4 N–H and O–H groups in total. The molecule has 0 aliphatic heterocycles. The molecule has 1 atom stereocenters. The van der Waals surface area contributed by atoms with E-state index in [2.05, 4.69) is 10.6 Å². The van der Waals surface area contributed by atoms with Crippen molar-refractivity contribution in [2.24, 2.45) is 0 Å². The summed E-state index contributed by atoms with van der Waals surface area (Å²) in [5.41, 5.74) is -0.230. The minimum Gasteiger partial charge on any atom is -0.394 e. The number of amides is 2. The summed E-state index contributed by atoms with van der Waals surface area (Å²) in [6, 6.07) is -0.0671. The molecule has 0 spiro atoms. The highest BCUT2D eigenvalue weighted by Crippen LogP contribution is 2.34. The van der Waals surface area contributed by atoms with Crippen molar-refractivity contribution in [3.63, 3.8) is 0 Å². The summed E-state index contributed by atoms with van der Waals surface area (Å²) >= 11 is 0. The van der Waals surface area contributed by atoms with E-state index in [0.29, 0.717) is 0 Å². The molecular weight excluding hydrogens is 308 g/mol. The van der Waals surface area contributed by atoms with Gasteiger partial charge in [-0.15, -0.1) is 0 Å². The first-order valence-corrected chi connectivity index (χ1v) is 9.16. The van der Waals surface area contributed by atoms with Crippen LogP contribution in [0.2, 0.25) is 0 Å². The molecule has 0 bridgehead atoms. The molecule has 24 heavy (non-hydrogen) atoms. The quantitative estimate of drug-likeness (QED) is 0.612. The Kier molecular flexibility index (Phi) is 28.0. The van der Waals surface area contributed by atoms with Crippen LogP contribution in [0.4, 0.5) is 0 Å². The van der Waals surface area contributed by atoms with Crippen LogP contribution in [-0.2, 0) is 9.59 Å². The van der Waals surface area contributed by atoms with Gasteiger partial charge in [-0.3, -0.25) is 9.59 Å². The van der Waals surface area contributed by atoms with E-state index in [9.17, 15) is 9.59 Å². The monoisotopic (exact) mass is 350 g/mol. The van der Waals surface area contributed by atoms with E-state index >= 15 is 0 Å². The molecule has 0 saturated heterocycles. The van der Waals surface area contributed by atoms with Gasteiger partial charge in [-0.1, -0.05) is 48.5 Å². The largest absolute Gasteiger partial charge is 0.394 e. The summed E-state index contributed by atoms with van der Waals surface area (Å²) in [7, 11) is 0. The molecular formula is C18H42N2O4. The molecule has 148 valence electrons. The molecule has 1 unspecified atom stereocenters. The maximum atomic E-state index is 10.4. The molecule has 2 amide bonds. The smallest absolute Gasteiger partial charge is 0.217 e. The number of carbonyl (C=O) groups is 2. The first-order valence-electron chi connectivity index (χ1n) is 9.16. The van der Waals surface area contributed by atoms with E-state index in [1.807, 2.05) is 48.5 Å². The van der Waals surface area contributed by atoms with Crippen molar-refractivity contribution in [1.29, 1.82) is 0 Å². The zero-order valence-corrected chi connectivity index (χ0v) is 17.3. The maximum Gasteiger partial charge on any atom is 0.217 e. The van der Waals surface area contributed by atoms with Crippen molar-refractivity contribution in [2.45, 2.75) is 93.2 Å². The number of nitrogens with one attached hydrogen (secondary N) is 2. The average Bonchev–Trinajstić information content (AvgIpc) is 3.38. The molecule has 6 heteroatoms. The Hall–Kier alpha value is -1.14. The molecule has 0 aromatic rings. The lowest BCUT2D eigenvalue weighted by atomic mass is 10.2. The van der Waals surface area contributed by atoms with Crippen molar-refractivity contribution < 1.29 is 19.8 Å². The van der Waals surface area contributed by atoms with Crippen molar-refractivity contribution >= 4 is 11.8 Å². The van der Waals surface area contributed by atoms with Crippen LogP contribution in [0.25, 0.3) is 0 Å². The fourth-order valence-electron chi connectivity index (χ4n) is 1.41. The van der Waals surface area contributed by atoms with Crippen molar-refractivity contribution in [3.8, 4) is 0 Å². The first kappa shape index (κ1) is 30.7. The van der Waals surface area contributed by atoms with Gasteiger partial charge in [0.1, 0.15) is 0 Å². The fraction of sp³-hybridized carbons (Fsp3) is 0.889. The second kappa shape index (κ2) is 21.9. The summed E-state index contributed by atoms with van der Waals surface area (Å²) in [5, 5.41) is 22.5. The molecule has 0 aromatic carbocycles. The van der Waals surface area contributed by atoms with Crippen LogP contribution in [0, 0.1) is 0 Å². The van der Waals surface area contributed by atoms with E-state index in [4.69, 9.17) is 10.2 Å². The normalized spacial score (nSPS) is 13.5. The Bertz CT molecular complexity index is 276. The van der Waals surface area contributed by atoms with Crippen molar-refractivity contribution in [2.75, 3.05) is 13.2 Å². The second-order valence-corrected chi connectivity index (χ2v) is 4.61. The molecule has 1 rings (SSSR count). The molecule has 0 aromatic heterocycles. The van der Waals surface area contributed by atoms with Gasteiger partial charge in [-0.2, -0.15) is 0 Å². The van der Waals surface area contributed by atoms with Gasteiger partial charge in [0.2, 0.25) is 11.8 Å². The molecule has 1 fully saturated rings. The predicted octanol–water partition coefficient (Wildman–Crippen LogP) is 2.62. The van der Waals surface area contributed by atoms with Gasteiger partial charge in [-0.25, -0.2) is 0 Å². The summed E-state index contributed by atoms with van der Waals surface area (Å²) in [4.78, 5) is 20.8. The van der Waals surface area contributed by atoms with Gasteiger partial charge in [0.15, 0.2) is 0 Å². The SMILES string of the molecule is CC.CC.CC.CC(=O)NC1(CO)CC1.CCC(CO)NC(C)=O. The third-order valence-corrected chi connectivity index (χ3v) is 2.72. The number of hydrogen-bond acceptors (Lipinski definition) is 4. The topological polar surface area (TPSA) is 98.7 Å². The van der Waals surface area contributed by atoms with Gasteiger partial charge in [-0.05, 0) is 19.3 Å². The van der Waals surface area contributed by atoms with E-state index in [1.54, 1.807) is 0 Å². The minimum atomic E-state index is -0.230. The Morgan fingerprint density at radius 3 is 1.46 bits per heavy atom. The minimum absolute atomic E-state index is 0.0239. The summed E-state index contributed by atoms with van der Waals surface area (Å²) in [6.45, 7) is 16.9. The number of rotatable bonds is 5. The van der Waals surface area contributed by atoms with E-state index in [1.165, 1.54) is 13.8 Å². The van der Waals surface area contributed by atoms with Crippen molar-refractivity contribution in [3.05, 3.63) is 0 Å². The highest BCUT2D eigenvalue weighted by atomic mass is 16.3. The second-order valence-electron chi connectivity index (χ2n) is 4.61. The van der Waals surface area contributed by atoms with Crippen LogP contribution in [0.5, 0.6) is 0 Å². The van der Waals surface area contributed by atoms with Crippen LogP contribution in [0.15, 0.2) is 0 Å². The Morgan fingerprint density at radius 2 is 1.38 bits per heavy atom. The van der Waals surface area contributed by atoms with E-state index < -0.39 is 0 Å². The molecule has 0 radical (unpaired) electrons. The van der Waals surface area contributed by atoms with E-state index in [-0.39, 0.29) is 36.6 Å². The Morgan fingerprint density at radius 1 is 0.958 bits per heavy atom. The third kappa shape index (κ3) is 20.9. The average molecular weight is 351 g/mol. The lowest BCUT2D eigenvalue weighted by Gasteiger charge is -2.10. The van der Waals surface area contributed by atoms with Gasteiger partial charge in [0, 0.05) is 13.8 Å². The number of hydrogen-bond donors (Lipinski definition) is 4. The van der Waals surface area contributed by atoms with Crippen LogP contribution in [0.3, 0.4) is 0 Å². The Labute approximate surface area is 149 Å². The fourth-order valence-corrected chi connectivity index (χ4v) is 1.41. The number of carbonyl (C=O) groups excluding carboxylic acids is 2. The van der Waals surface area contributed by atoms with Crippen molar-refractivity contribution in [1.82, 2.24) is 10.6 Å². The van der Waals surface area contributed by atoms with Gasteiger partial charge >= 0.3 is 0 Å². The Balaban J connectivity index is -0.000000127. The molecule has 1 aliphatic rings. The number of aliphatic hydroxyl groups excluding tert-OH is 2. The van der Waals surface area contributed by atoms with Crippen LogP contribution in [-0.4, -0.2) is 46.8 Å². The summed E-state index contributed by atoms with van der Waals surface area (Å²) in [6.07, 6.45) is 2.61. The lowest BCUT2D eigenvalue weighted by Crippen LogP contribution is -2.37. The molecule has 1 saturated carbocycles. The maximum absolute atomic E-state index is 10.4. The standard InChI is InChI=1S/C6H11NO2.C6H13NO2.3C2H6/c1-5(9)7-6(4-8)2-3-6;1-3-6(4-8)7-5(2)9;3*1-2/h8H,2-4H2,1H3,(H,7,9);6,8H,3-4H2,1-2H3,(H,7,9);3*1-2H3. The molecule has 1 aliphatic carbocycles. The van der Waals surface area contributed by atoms with Gasteiger partial charge in [0.25, 0.3) is 0 Å². The molecule has 6 nitrogen and oxygen atoms in total. The third-order valence-electron chi connectivity index (χ3n) is 2.72. The van der Waals surface area contributed by atoms with Gasteiger partial charge < -0.3 is 20.8 Å².